The quantitative estimate of drug-likeness (QED) is 0.893. The van der Waals surface area contributed by atoms with Gasteiger partial charge in [0.1, 0.15) is 5.75 Å². The number of phenolic OH excluding ortho intramolecular Hbond substituents is 1. The number of fused-ring (bicyclic) bond motifs is 5. The Morgan fingerprint density at radius 1 is 1.29 bits per heavy atom. The predicted molar refractivity (Wildman–Crippen MR) is 83.7 cm³/mol. The normalized spacial score (nSPS) is 41.1. The van der Waals surface area contributed by atoms with Gasteiger partial charge in [0.15, 0.2) is 0 Å². The molecule has 0 aromatic heterocycles. The van der Waals surface area contributed by atoms with E-state index in [2.05, 4.69) is 24.0 Å². The highest BCUT2D eigenvalue weighted by molar-refractivity contribution is 5.47. The zero-order valence-electron chi connectivity index (χ0n) is 12.9. The zero-order valence-corrected chi connectivity index (χ0v) is 12.9. The molecule has 2 aliphatic heterocycles. The number of hydrogen-bond donors (Lipinski definition) is 1. The second-order valence-corrected chi connectivity index (χ2v) is 8.30. The van der Waals surface area contributed by atoms with Gasteiger partial charge in [-0.3, -0.25) is 4.90 Å². The fraction of sp³-hybridized carbons (Fsp3) is 0.684. The van der Waals surface area contributed by atoms with Crippen LogP contribution in [0.15, 0.2) is 18.2 Å². The third-order valence-electron chi connectivity index (χ3n) is 7.01. The molecule has 1 aromatic carbocycles. The first-order chi connectivity index (χ1) is 10.1. The van der Waals surface area contributed by atoms with Gasteiger partial charge in [0, 0.05) is 24.5 Å². The molecule has 4 unspecified atom stereocenters. The van der Waals surface area contributed by atoms with Crippen molar-refractivity contribution in [2.75, 3.05) is 6.54 Å². The molecule has 2 heterocycles. The van der Waals surface area contributed by atoms with Gasteiger partial charge in [0.25, 0.3) is 0 Å². The van der Waals surface area contributed by atoms with Crippen LogP contribution in [0.5, 0.6) is 5.75 Å². The summed E-state index contributed by atoms with van der Waals surface area (Å²) in [6, 6.07) is 7.73. The molecule has 2 saturated heterocycles. The molecule has 3 fully saturated rings. The molecule has 112 valence electrons. The van der Waals surface area contributed by atoms with E-state index in [1.54, 1.807) is 5.56 Å². The Morgan fingerprint density at radius 2 is 2.14 bits per heavy atom. The maximum Gasteiger partial charge on any atom is 0.115 e. The zero-order chi connectivity index (χ0) is 14.2. The maximum absolute atomic E-state index is 9.90. The van der Waals surface area contributed by atoms with Crippen molar-refractivity contribution in [3.63, 3.8) is 0 Å². The van der Waals surface area contributed by atoms with Gasteiger partial charge in [0.05, 0.1) is 0 Å². The monoisotopic (exact) mass is 283 g/mol. The molecular weight excluding hydrogens is 258 g/mol. The van der Waals surface area contributed by atoms with Gasteiger partial charge in [-0.15, -0.1) is 0 Å². The van der Waals surface area contributed by atoms with Crippen molar-refractivity contribution in [1.82, 2.24) is 4.90 Å². The largest absolute Gasteiger partial charge is 0.508 e. The lowest BCUT2D eigenvalue weighted by atomic mass is 9.64. The summed E-state index contributed by atoms with van der Waals surface area (Å²) in [5.41, 5.74) is 3.30. The van der Waals surface area contributed by atoms with Crippen LogP contribution >= 0.6 is 0 Å². The minimum Gasteiger partial charge on any atom is -0.508 e. The van der Waals surface area contributed by atoms with Gasteiger partial charge in [-0.05, 0) is 66.7 Å². The van der Waals surface area contributed by atoms with Crippen molar-refractivity contribution in [2.45, 2.75) is 68.9 Å². The molecule has 4 atom stereocenters. The summed E-state index contributed by atoms with van der Waals surface area (Å²) >= 11 is 0. The van der Waals surface area contributed by atoms with Crippen LogP contribution in [0.1, 0.15) is 62.5 Å². The smallest absolute Gasteiger partial charge is 0.115 e. The first-order valence-electron chi connectivity index (χ1n) is 8.73. The lowest BCUT2D eigenvalue weighted by Gasteiger charge is -2.51. The van der Waals surface area contributed by atoms with Crippen molar-refractivity contribution in [3.8, 4) is 5.75 Å². The summed E-state index contributed by atoms with van der Waals surface area (Å²) in [7, 11) is 0. The summed E-state index contributed by atoms with van der Waals surface area (Å²) in [5.74, 6) is 2.15. The van der Waals surface area contributed by atoms with Crippen LogP contribution in [0, 0.1) is 5.92 Å². The van der Waals surface area contributed by atoms with Crippen LogP contribution in [-0.2, 0) is 5.41 Å². The number of rotatable bonds is 2. The van der Waals surface area contributed by atoms with E-state index in [1.807, 2.05) is 6.07 Å². The number of aromatic hydroxyl groups is 1. The van der Waals surface area contributed by atoms with Crippen LogP contribution in [0.4, 0.5) is 0 Å². The summed E-state index contributed by atoms with van der Waals surface area (Å²) in [6.45, 7) is 3.79. The number of piperidine rings is 1. The third kappa shape index (κ3) is 1.63. The van der Waals surface area contributed by atoms with Gasteiger partial charge in [-0.2, -0.15) is 0 Å². The van der Waals surface area contributed by atoms with E-state index in [0.29, 0.717) is 11.2 Å². The molecule has 1 aromatic rings. The van der Waals surface area contributed by atoms with Gasteiger partial charge < -0.3 is 5.11 Å². The Balaban J connectivity index is 1.54. The molecule has 3 bridgehead atoms. The molecule has 4 aliphatic rings. The van der Waals surface area contributed by atoms with Gasteiger partial charge in [-0.1, -0.05) is 19.4 Å². The molecule has 0 amide bonds. The standard InChI is InChI=1S/C19H25NO/c1-19-9-13-7-16(15-6-5-14(21)8-17(15)19)18(10-19)20(13)11-12-3-2-4-12/h5-6,8,12-13,16,18,21H,2-4,7,9-11H2,1H3. The molecule has 0 radical (unpaired) electrons. The van der Waals surface area contributed by atoms with Crippen molar-refractivity contribution >= 4 is 0 Å². The van der Waals surface area contributed by atoms with Crippen LogP contribution in [0.3, 0.4) is 0 Å². The Labute approximate surface area is 127 Å². The van der Waals surface area contributed by atoms with Crippen molar-refractivity contribution in [1.29, 1.82) is 0 Å². The topological polar surface area (TPSA) is 23.5 Å². The van der Waals surface area contributed by atoms with Crippen molar-refractivity contribution < 1.29 is 5.11 Å². The van der Waals surface area contributed by atoms with E-state index in [4.69, 9.17) is 0 Å². The molecule has 21 heavy (non-hydrogen) atoms. The van der Waals surface area contributed by atoms with Gasteiger partial charge in [-0.25, -0.2) is 0 Å². The fourth-order valence-electron chi connectivity index (χ4n) is 5.82. The molecule has 2 nitrogen and oxygen atoms in total. The predicted octanol–water partition coefficient (Wildman–Crippen LogP) is 3.78. The molecule has 5 rings (SSSR count). The number of benzene rings is 1. The summed E-state index contributed by atoms with van der Waals surface area (Å²) in [4.78, 5) is 2.88. The average Bonchev–Trinajstić information content (AvgIpc) is 2.56. The van der Waals surface area contributed by atoms with Crippen molar-refractivity contribution in [2.24, 2.45) is 5.92 Å². The van der Waals surface area contributed by atoms with E-state index in [1.165, 1.54) is 50.6 Å². The molecule has 0 spiro atoms. The number of phenols is 1. The molecule has 1 N–H and O–H groups in total. The van der Waals surface area contributed by atoms with E-state index < -0.39 is 0 Å². The first-order valence-corrected chi connectivity index (χ1v) is 8.73. The molecule has 2 aliphatic carbocycles. The highest BCUT2D eigenvalue weighted by atomic mass is 16.3. The SMILES string of the molecule is CC12CC3CC(c4ccc(O)cc41)C(C2)N3CC1CCC1. The fourth-order valence-corrected chi connectivity index (χ4v) is 5.82. The van der Waals surface area contributed by atoms with Crippen LogP contribution < -0.4 is 0 Å². The minimum absolute atomic E-state index is 0.298. The van der Waals surface area contributed by atoms with Crippen LogP contribution in [-0.4, -0.2) is 28.6 Å². The van der Waals surface area contributed by atoms with Crippen molar-refractivity contribution in [3.05, 3.63) is 29.3 Å². The van der Waals surface area contributed by atoms with Crippen LogP contribution in [0.2, 0.25) is 0 Å². The molecular formula is C19H25NO. The Bertz CT molecular complexity index is 589. The number of hydrogen-bond acceptors (Lipinski definition) is 2. The Kier molecular flexibility index (Phi) is 2.41. The first kappa shape index (κ1) is 12.5. The third-order valence-corrected chi connectivity index (χ3v) is 7.01. The van der Waals surface area contributed by atoms with E-state index in [9.17, 15) is 5.11 Å². The molecule has 2 heteroatoms. The van der Waals surface area contributed by atoms with E-state index in [0.717, 1.165) is 23.9 Å². The number of nitrogens with zero attached hydrogens (tertiary/aromatic N) is 1. The summed E-state index contributed by atoms with van der Waals surface area (Å²) < 4.78 is 0. The Morgan fingerprint density at radius 3 is 2.90 bits per heavy atom. The van der Waals surface area contributed by atoms with Crippen LogP contribution in [0.25, 0.3) is 0 Å². The summed E-state index contributed by atoms with van der Waals surface area (Å²) in [6.07, 6.45) is 8.33. The van der Waals surface area contributed by atoms with Gasteiger partial charge >= 0.3 is 0 Å². The Hall–Kier alpha value is -1.02. The lowest BCUT2D eigenvalue weighted by molar-refractivity contribution is 0.0510. The maximum atomic E-state index is 9.90. The lowest BCUT2D eigenvalue weighted by Crippen LogP contribution is -2.53. The van der Waals surface area contributed by atoms with E-state index >= 15 is 0 Å². The van der Waals surface area contributed by atoms with E-state index in [-0.39, 0.29) is 0 Å². The minimum atomic E-state index is 0.298. The second kappa shape index (κ2) is 4.04. The summed E-state index contributed by atoms with van der Waals surface area (Å²) in [5, 5.41) is 9.90. The highest BCUT2D eigenvalue weighted by Crippen LogP contribution is 2.59. The average molecular weight is 283 g/mol. The highest BCUT2D eigenvalue weighted by Gasteiger charge is 2.56. The van der Waals surface area contributed by atoms with Gasteiger partial charge in [0.2, 0.25) is 0 Å². The second-order valence-electron chi connectivity index (χ2n) is 8.30. The molecule has 1 saturated carbocycles.